The smallest absolute Gasteiger partial charge is 0.0576 e. The Balaban J connectivity index is 1.63. The van der Waals surface area contributed by atoms with Crippen LogP contribution in [0.3, 0.4) is 0 Å². The molecule has 0 bridgehead atoms. The Morgan fingerprint density at radius 1 is 0.938 bits per heavy atom. The summed E-state index contributed by atoms with van der Waals surface area (Å²) in [5, 5.41) is 10.0. The van der Waals surface area contributed by atoms with Gasteiger partial charge in [0.15, 0.2) is 0 Å². The van der Waals surface area contributed by atoms with Crippen molar-refractivity contribution in [1.29, 1.82) is 0 Å². The fraction of sp³-hybridized carbons (Fsp3) is 1.00. The SMILES string of the molecule is OC1CCCCCC1CCCC1CCCO1. The number of aliphatic hydroxyl groups excluding tert-OH is 1. The second kappa shape index (κ2) is 6.61. The van der Waals surface area contributed by atoms with E-state index in [0.717, 1.165) is 13.0 Å². The van der Waals surface area contributed by atoms with Gasteiger partial charge >= 0.3 is 0 Å². The van der Waals surface area contributed by atoms with Gasteiger partial charge in [-0.1, -0.05) is 25.7 Å². The van der Waals surface area contributed by atoms with E-state index in [2.05, 4.69) is 0 Å². The Morgan fingerprint density at radius 2 is 1.81 bits per heavy atom. The molecule has 0 spiro atoms. The number of rotatable bonds is 4. The minimum Gasteiger partial charge on any atom is -0.393 e. The van der Waals surface area contributed by atoms with Crippen molar-refractivity contribution >= 4 is 0 Å². The van der Waals surface area contributed by atoms with Crippen molar-refractivity contribution in [3.8, 4) is 0 Å². The predicted molar refractivity (Wildman–Crippen MR) is 65.4 cm³/mol. The number of ether oxygens (including phenoxy) is 1. The molecule has 0 aromatic carbocycles. The van der Waals surface area contributed by atoms with Gasteiger partial charge in [0.05, 0.1) is 12.2 Å². The van der Waals surface area contributed by atoms with Crippen molar-refractivity contribution in [2.24, 2.45) is 5.92 Å². The van der Waals surface area contributed by atoms with Gasteiger partial charge < -0.3 is 9.84 Å². The summed E-state index contributed by atoms with van der Waals surface area (Å²) in [5.74, 6) is 0.573. The van der Waals surface area contributed by atoms with Crippen LogP contribution in [-0.2, 0) is 4.74 Å². The molecule has 1 saturated carbocycles. The molecule has 3 atom stereocenters. The Morgan fingerprint density at radius 3 is 2.62 bits per heavy atom. The molecule has 0 amide bonds. The molecule has 2 aliphatic rings. The average molecular weight is 226 g/mol. The molecular formula is C14H26O2. The first kappa shape index (κ1) is 12.4. The van der Waals surface area contributed by atoms with Crippen LogP contribution in [0, 0.1) is 5.92 Å². The number of hydrogen-bond donors (Lipinski definition) is 1. The molecule has 0 radical (unpaired) electrons. The first-order valence-corrected chi connectivity index (χ1v) is 7.16. The summed E-state index contributed by atoms with van der Waals surface area (Å²) in [6.07, 6.45) is 12.8. The van der Waals surface area contributed by atoms with Crippen LogP contribution in [0.25, 0.3) is 0 Å². The minimum atomic E-state index is -0.0213. The van der Waals surface area contributed by atoms with Crippen molar-refractivity contribution in [3.05, 3.63) is 0 Å². The van der Waals surface area contributed by atoms with E-state index in [-0.39, 0.29) is 6.10 Å². The summed E-state index contributed by atoms with van der Waals surface area (Å²) < 4.78 is 5.63. The van der Waals surface area contributed by atoms with Crippen LogP contribution in [0.15, 0.2) is 0 Å². The molecule has 1 aliphatic heterocycles. The largest absolute Gasteiger partial charge is 0.393 e. The topological polar surface area (TPSA) is 29.5 Å². The monoisotopic (exact) mass is 226 g/mol. The lowest BCUT2D eigenvalue weighted by Gasteiger charge is -2.20. The third kappa shape index (κ3) is 3.74. The molecular weight excluding hydrogens is 200 g/mol. The van der Waals surface area contributed by atoms with Crippen molar-refractivity contribution < 1.29 is 9.84 Å². The molecule has 3 unspecified atom stereocenters. The van der Waals surface area contributed by atoms with Gasteiger partial charge in [-0.2, -0.15) is 0 Å². The number of hydrogen-bond acceptors (Lipinski definition) is 2. The molecule has 1 aliphatic carbocycles. The highest BCUT2D eigenvalue weighted by atomic mass is 16.5. The standard InChI is InChI=1S/C14H26O2/c15-14-10-3-1-2-6-12(14)7-4-8-13-9-5-11-16-13/h12-15H,1-11H2. The second-order valence-corrected chi connectivity index (χ2v) is 5.53. The van der Waals surface area contributed by atoms with Crippen molar-refractivity contribution in [2.75, 3.05) is 6.61 Å². The zero-order valence-electron chi connectivity index (χ0n) is 10.4. The highest BCUT2D eigenvalue weighted by Crippen LogP contribution is 2.28. The molecule has 2 fully saturated rings. The van der Waals surface area contributed by atoms with Gasteiger partial charge in [0.25, 0.3) is 0 Å². The van der Waals surface area contributed by atoms with Crippen LogP contribution in [0.1, 0.15) is 64.2 Å². The predicted octanol–water partition coefficient (Wildman–Crippen LogP) is 3.28. The van der Waals surface area contributed by atoms with Gasteiger partial charge in [-0.15, -0.1) is 0 Å². The normalized spacial score (nSPS) is 36.2. The third-order valence-electron chi connectivity index (χ3n) is 4.24. The fourth-order valence-electron chi connectivity index (χ4n) is 3.18. The van der Waals surface area contributed by atoms with E-state index in [9.17, 15) is 5.11 Å². The van der Waals surface area contributed by atoms with E-state index < -0.39 is 0 Å². The summed E-state index contributed by atoms with van der Waals surface area (Å²) in [5.41, 5.74) is 0. The van der Waals surface area contributed by atoms with E-state index >= 15 is 0 Å². The molecule has 16 heavy (non-hydrogen) atoms. The summed E-state index contributed by atoms with van der Waals surface area (Å²) in [7, 11) is 0. The molecule has 1 heterocycles. The molecule has 0 aromatic rings. The van der Waals surface area contributed by atoms with Crippen molar-refractivity contribution in [2.45, 2.75) is 76.4 Å². The lowest BCUT2D eigenvalue weighted by Crippen LogP contribution is -2.19. The molecule has 1 N–H and O–H groups in total. The molecule has 2 rings (SSSR count). The van der Waals surface area contributed by atoms with Gasteiger partial charge in [0, 0.05) is 6.61 Å². The summed E-state index contributed by atoms with van der Waals surface area (Å²) >= 11 is 0. The highest BCUT2D eigenvalue weighted by molar-refractivity contribution is 4.74. The van der Waals surface area contributed by atoms with Gasteiger partial charge in [-0.05, 0) is 44.4 Å². The van der Waals surface area contributed by atoms with Gasteiger partial charge in [0.2, 0.25) is 0 Å². The van der Waals surface area contributed by atoms with E-state index in [4.69, 9.17) is 4.74 Å². The van der Waals surface area contributed by atoms with E-state index in [1.54, 1.807) is 0 Å². The first-order chi connectivity index (χ1) is 7.86. The zero-order valence-corrected chi connectivity index (χ0v) is 10.4. The van der Waals surface area contributed by atoms with Crippen LogP contribution >= 0.6 is 0 Å². The Bertz CT molecular complexity index is 187. The Hall–Kier alpha value is -0.0800. The quantitative estimate of drug-likeness (QED) is 0.745. The van der Waals surface area contributed by atoms with Gasteiger partial charge in [0.1, 0.15) is 0 Å². The van der Waals surface area contributed by atoms with Crippen molar-refractivity contribution in [1.82, 2.24) is 0 Å². The molecule has 2 nitrogen and oxygen atoms in total. The fourth-order valence-corrected chi connectivity index (χ4v) is 3.18. The maximum absolute atomic E-state index is 10.0. The maximum atomic E-state index is 10.0. The maximum Gasteiger partial charge on any atom is 0.0576 e. The second-order valence-electron chi connectivity index (χ2n) is 5.53. The Labute approximate surface area is 99.4 Å². The first-order valence-electron chi connectivity index (χ1n) is 7.16. The van der Waals surface area contributed by atoms with Crippen LogP contribution in [0.5, 0.6) is 0 Å². The average Bonchev–Trinajstić information content (AvgIpc) is 2.71. The van der Waals surface area contributed by atoms with Gasteiger partial charge in [-0.25, -0.2) is 0 Å². The summed E-state index contributed by atoms with van der Waals surface area (Å²) in [6, 6.07) is 0. The van der Waals surface area contributed by atoms with E-state index in [1.165, 1.54) is 57.8 Å². The molecule has 94 valence electrons. The molecule has 1 saturated heterocycles. The van der Waals surface area contributed by atoms with Crippen LogP contribution < -0.4 is 0 Å². The van der Waals surface area contributed by atoms with Crippen LogP contribution in [-0.4, -0.2) is 23.9 Å². The lowest BCUT2D eigenvalue weighted by molar-refractivity contribution is 0.0804. The lowest BCUT2D eigenvalue weighted by atomic mass is 9.91. The van der Waals surface area contributed by atoms with Crippen LogP contribution in [0.2, 0.25) is 0 Å². The van der Waals surface area contributed by atoms with Crippen LogP contribution in [0.4, 0.5) is 0 Å². The number of aliphatic hydroxyl groups is 1. The van der Waals surface area contributed by atoms with E-state index in [0.29, 0.717) is 12.0 Å². The van der Waals surface area contributed by atoms with Gasteiger partial charge in [-0.3, -0.25) is 0 Å². The molecule has 2 heteroatoms. The van der Waals surface area contributed by atoms with Crippen molar-refractivity contribution in [3.63, 3.8) is 0 Å². The zero-order chi connectivity index (χ0) is 11.2. The Kier molecular flexibility index (Phi) is 5.11. The van der Waals surface area contributed by atoms with E-state index in [1.807, 2.05) is 0 Å². The molecule has 0 aromatic heterocycles. The summed E-state index contributed by atoms with van der Waals surface area (Å²) in [6.45, 7) is 0.969. The minimum absolute atomic E-state index is 0.0213. The summed E-state index contributed by atoms with van der Waals surface area (Å²) in [4.78, 5) is 0. The third-order valence-corrected chi connectivity index (χ3v) is 4.24. The highest BCUT2D eigenvalue weighted by Gasteiger charge is 2.22.